The highest BCUT2D eigenvalue weighted by Gasteiger charge is 2.32. The fraction of sp³-hybridized carbons (Fsp3) is 0.625. The molecule has 3 rings (SSSR count). The predicted octanol–water partition coefficient (Wildman–Crippen LogP) is 4.14. The number of benzene rings is 1. The zero-order valence-electron chi connectivity index (χ0n) is 27.4. The highest BCUT2D eigenvalue weighted by atomic mass is 32.2. The summed E-state index contributed by atoms with van der Waals surface area (Å²) in [6, 6.07) is 7.83. The number of carbonyl (C=O) groups excluding carboxylic acids is 2. The number of sulfonamides is 1. The van der Waals surface area contributed by atoms with E-state index in [1.165, 1.54) is 4.31 Å². The third-order valence-electron chi connectivity index (χ3n) is 7.94. The molecule has 0 aliphatic carbocycles. The first-order chi connectivity index (χ1) is 21.3. The van der Waals surface area contributed by atoms with Crippen molar-refractivity contribution in [3.05, 3.63) is 41.3 Å². The minimum Gasteiger partial charge on any atom is -0.490 e. The topological polar surface area (TPSA) is 129 Å². The number of aliphatic hydroxyl groups excluding tert-OH is 1. The molecule has 2 aromatic rings. The van der Waals surface area contributed by atoms with E-state index in [0.29, 0.717) is 30.9 Å². The van der Waals surface area contributed by atoms with Crippen LogP contribution in [0, 0.1) is 5.92 Å². The number of thiophene rings is 1. The molecule has 2 N–H and O–H groups in total. The fourth-order valence-corrected chi connectivity index (χ4v) is 7.54. The minimum atomic E-state index is -3.70. The summed E-state index contributed by atoms with van der Waals surface area (Å²) >= 11 is 1.16. The van der Waals surface area contributed by atoms with Gasteiger partial charge in [-0.2, -0.15) is 4.31 Å². The first-order valence-corrected chi connectivity index (χ1v) is 17.9. The Hall–Kier alpha value is -2.55. The highest BCUT2D eigenvalue weighted by Crippen LogP contribution is 2.29. The first-order valence-electron chi connectivity index (χ1n) is 15.6. The van der Waals surface area contributed by atoms with Crippen LogP contribution in [0.4, 0.5) is 5.69 Å². The number of likely N-dealkylation sites (N-methyl/N-ethyl adjacent to an activating group) is 1. The molecule has 1 aromatic carbocycles. The fourth-order valence-electron chi connectivity index (χ4n) is 5.16. The van der Waals surface area contributed by atoms with Gasteiger partial charge < -0.3 is 29.7 Å². The van der Waals surface area contributed by atoms with E-state index in [1.807, 2.05) is 32.8 Å². The maximum Gasteiger partial charge on any atom is 0.258 e. The lowest BCUT2D eigenvalue weighted by molar-refractivity contribution is -0.116. The van der Waals surface area contributed by atoms with Crippen LogP contribution in [0.15, 0.2) is 39.9 Å². The molecule has 2 heterocycles. The molecule has 0 spiro atoms. The van der Waals surface area contributed by atoms with Crippen molar-refractivity contribution < 1.29 is 32.6 Å². The zero-order valence-corrected chi connectivity index (χ0v) is 29.0. The number of nitrogens with zero attached hydrogens (tertiary/aromatic N) is 3. The molecule has 1 aliphatic heterocycles. The van der Waals surface area contributed by atoms with Gasteiger partial charge in [0.05, 0.1) is 30.4 Å². The second-order valence-electron chi connectivity index (χ2n) is 12.2. The second-order valence-corrected chi connectivity index (χ2v) is 15.4. The van der Waals surface area contributed by atoms with Crippen LogP contribution in [-0.2, 0) is 19.6 Å². The van der Waals surface area contributed by atoms with Gasteiger partial charge in [0.15, 0.2) is 0 Å². The first kappa shape index (κ1) is 36.9. The molecule has 0 unspecified atom stereocenters. The predicted molar refractivity (Wildman–Crippen MR) is 177 cm³/mol. The van der Waals surface area contributed by atoms with Crippen LogP contribution < -0.4 is 10.1 Å². The molecule has 0 saturated heterocycles. The van der Waals surface area contributed by atoms with E-state index in [4.69, 9.17) is 9.47 Å². The normalized spacial score (nSPS) is 21.2. The third kappa shape index (κ3) is 10.8. The van der Waals surface area contributed by atoms with Crippen molar-refractivity contribution in [1.82, 2.24) is 14.1 Å². The van der Waals surface area contributed by atoms with Gasteiger partial charge in [-0.3, -0.25) is 9.59 Å². The van der Waals surface area contributed by atoms with Gasteiger partial charge in [-0.1, -0.05) is 13.0 Å². The van der Waals surface area contributed by atoms with Crippen molar-refractivity contribution in [1.29, 1.82) is 0 Å². The summed E-state index contributed by atoms with van der Waals surface area (Å²) in [6.45, 7) is 6.90. The monoisotopic (exact) mass is 666 g/mol. The summed E-state index contributed by atoms with van der Waals surface area (Å²) in [4.78, 5) is 30.5. The molecule has 0 saturated carbocycles. The van der Waals surface area contributed by atoms with Crippen LogP contribution in [0.1, 0.15) is 63.2 Å². The number of rotatable bonds is 11. The van der Waals surface area contributed by atoms with E-state index in [2.05, 4.69) is 5.32 Å². The summed E-state index contributed by atoms with van der Waals surface area (Å²) in [5, 5.41) is 14.8. The maximum absolute atomic E-state index is 14.3. The average Bonchev–Trinajstić information content (AvgIpc) is 3.54. The SMILES string of the molecule is C[C@@H]1CN([C@@H](C)CO)C(=O)c2cc(NC(=O)CCCN(C)C)ccc2O[C@@H](C)CCCCO[C@@H]1CN(C)S(=O)(=O)c1cccs1. The Balaban J connectivity index is 1.92. The van der Waals surface area contributed by atoms with Gasteiger partial charge in [0.1, 0.15) is 9.96 Å². The number of aliphatic hydroxyl groups is 1. The minimum absolute atomic E-state index is 0.108. The highest BCUT2D eigenvalue weighted by molar-refractivity contribution is 7.91. The molecular weight excluding hydrogens is 617 g/mol. The largest absolute Gasteiger partial charge is 0.490 e. The zero-order chi connectivity index (χ0) is 33.1. The van der Waals surface area contributed by atoms with Crippen LogP contribution in [0.3, 0.4) is 0 Å². The number of hydrogen-bond acceptors (Lipinski definition) is 9. The van der Waals surface area contributed by atoms with E-state index in [9.17, 15) is 23.1 Å². The Morgan fingerprint density at radius 2 is 1.96 bits per heavy atom. The average molecular weight is 667 g/mol. The number of hydrogen-bond donors (Lipinski definition) is 2. The molecule has 0 fully saturated rings. The molecule has 1 aromatic heterocycles. The van der Waals surface area contributed by atoms with E-state index >= 15 is 0 Å². The standard InChI is InChI=1S/C32H50N4O7S2/c1-23-20-36(24(2)22-37)32(39)27-19-26(33-30(38)12-9-16-34(4)5)14-15-28(27)43-25(3)11-7-8-17-42-29(23)21-35(6)45(40,41)31-13-10-18-44-31/h10,13-15,18-19,23-25,29,37H,7-9,11-12,16-17,20-22H2,1-6H3,(H,33,38)/t23-,24+,25+,29-/m1/s1. The van der Waals surface area contributed by atoms with Crippen molar-refractivity contribution in [2.45, 2.75) is 75.3 Å². The number of carbonyl (C=O) groups is 2. The van der Waals surface area contributed by atoms with Gasteiger partial charge in [-0.15, -0.1) is 11.3 Å². The maximum atomic E-state index is 14.3. The molecule has 0 bridgehead atoms. The van der Waals surface area contributed by atoms with Crippen molar-refractivity contribution in [3.63, 3.8) is 0 Å². The van der Waals surface area contributed by atoms with Gasteiger partial charge in [0.25, 0.3) is 15.9 Å². The molecule has 13 heteroatoms. The van der Waals surface area contributed by atoms with Crippen molar-refractivity contribution in [3.8, 4) is 5.75 Å². The summed E-state index contributed by atoms with van der Waals surface area (Å²) in [5.41, 5.74) is 0.771. The molecule has 252 valence electrons. The summed E-state index contributed by atoms with van der Waals surface area (Å²) in [6.07, 6.45) is 2.67. The van der Waals surface area contributed by atoms with Crippen LogP contribution in [0.2, 0.25) is 0 Å². The summed E-state index contributed by atoms with van der Waals surface area (Å²) in [7, 11) is 1.76. The quantitative estimate of drug-likeness (QED) is 0.366. The Labute approximate surface area is 272 Å². The molecule has 2 amide bonds. The Morgan fingerprint density at radius 1 is 1.20 bits per heavy atom. The van der Waals surface area contributed by atoms with E-state index in [-0.39, 0.29) is 53.3 Å². The number of ether oxygens (including phenoxy) is 2. The molecule has 1 aliphatic rings. The van der Waals surface area contributed by atoms with Crippen LogP contribution in [-0.4, -0.2) is 112 Å². The third-order valence-corrected chi connectivity index (χ3v) is 11.1. The molecular formula is C32H50N4O7S2. The molecule has 45 heavy (non-hydrogen) atoms. The van der Waals surface area contributed by atoms with Gasteiger partial charge in [-0.25, -0.2) is 8.42 Å². The smallest absolute Gasteiger partial charge is 0.258 e. The van der Waals surface area contributed by atoms with Crippen LogP contribution >= 0.6 is 11.3 Å². The number of amides is 2. The summed E-state index contributed by atoms with van der Waals surface area (Å²) < 4.78 is 40.5. The molecule has 0 radical (unpaired) electrons. The number of fused-ring (bicyclic) bond motifs is 1. The van der Waals surface area contributed by atoms with E-state index in [0.717, 1.165) is 37.1 Å². The van der Waals surface area contributed by atoms with E-state index < -0.39 is 22.2 Å². The number of anilines is 1. The lowest BCUT2D eigenvalue weighted by Crippen LogP contribution is -2.48. The van der Waals surface area contributed by atoms with Crippen molar-refractivity contribution >= 4 is 38.9 Å². The van der Waals surface area contributed by atoms with Crippen LogP contribution in [0.5, 0.6) is 5.75 Å². The Morgan fingerprint density at radius 3 is 2.62 bits per heavy atom. The molecule has 11 nitrogen and oxygen atoms in total. The lowest BCUT2D eigenvalue weighted by atomic mass is 10.0. The molecule has 4 atom stereocenters. The van der Waals surface area contributed by atoms with Gasteiger partial charge in [0, 0.05) is 44.8 Å². The van der Waals surface area contributed by atoms with Crippen molar-refractivity contribution in [2.24, 2.45) is 5.92 Å². The number of nitrogens with one attached hydrogen (secondary N) is 1. The lowest BCUT2D eigenvalue weighted by Gasteiger charge is -2.35. The van der Waals surface area contributed by atoms with Gasteiger partial charge in [0.2, 0.25) is 5.91 Å². The van der Waals surface area contributed by atoms with E-state index in [1.54, 1.807) is 54.6 Å². The van der Waals surface area contributed by atoms with Gasteiger partial charge >= 0.3 is 0 Å². The Kier molecular flexibility index (Phi) is 14.3. The van der Waals surface area contributed by atoms with Crippen molar-refractivity contribution in [2.75, 3.05) is 59.3 Å². The summed E-state index contributed by atoms with van der Waals surface area (Å²) in [5.74, 6) is -0.373. The van der Waals surface area contributed by atoms with Gasteiger partial charge in [-0.05, 0) is 89.8 Å². The Bertz CT molecular complexity index is 1340. The second kappa shape index (κ2) is 17.4. The van der Waals surface area contributed by atoms with Crippen LogP contribution in [0.25, 0.3) is 0 Å².